The molecule has 0 aliphatic rings. The summed E-state index contributed by atoms with van der Waals surface area (Å²) in [5.74, 6) is 1.25. The van der Waals surface area contributed by atoms with Crippen molar-refractivity contribution >= 4 is 12.0 Å². The van der Waals surface area contributed by atoms with Gasteiger partial charge < -0.3 is 9.15 Å². The molecule has 3 nitrogen and oxygen atoms in total. The molecular formula is C15H20O3. The minimum Gasteiger partial charge on any atom is -0.462 e. The average molecular weight is 248 g/mol. The van der Waals surface area contributed by atoms with E-state index < -0.39 is 0 Å². The van der Waals surface area contributed by atoms with E-state index >= 15 is 0 Å². The topological polar surface area (TPSA) is 39.4 Å². The fraction of sp³-hybridized carbons (Fsp3) is 0.400. The zero-order chi connectivity index (χ0) is 13.2. The van der Waals surface area contributed by atoms with Crippen molar-refractivity contribution < 1.29 is 13.9 Å². The van der Waals surface area contributed by atoms with Crippen LogP contribution in [0.4, 0.5) is 0 Å². The molecule has 0 N–H and O–H groups in total. The Kier molecular flexibility index (Phi) is 6.62. The molecule has 0 aliphatic carbocycles. The third kappa shape index (κ3) is 5.53. The predicted octanol–water partition coefficient (Wildman–Crippen LogP) is 3.75. The molecule has 0 saturated carbocycles. The highest BCUT2D eigenvalue weighted by Crippen LogP contribution is 2.12. The first-order valence-corrected chi connectivity index (χ1v) is 6.30. The second-order valence-corrected chi connectivity index (χ2v) is 4.01. The van der Waals surface area contributed by atoms with Crippen LogP contribution in [0.5, 0.6) is 0 Å². The van der Waals surface area contributed by atoms with Crippen molar-refractivity contribution in [2.45, 2.75) is 32.6 Å². The molecule has 0 aliphatic heterocycles. The largest absolute Gasteiger partial charge is 0.462 e. The van der Waals surface area contributed by atoms with Crippen LogP contribution in [0, 0.1) is 0 Å². The Morgan fingerprint density at radius 2 is 2.28 bits per heavy atom. The van der Waals surface area contributed by atoms with Gasteiger partial charge in [-0.25, -0.2) is 4.79 Å². The maximum Gasteiger partial charge on any atom is 0.331 e. The van der Waals surface area contributed by atoms with Gasteiger partial charge in [-0.2, -0.15) is 0 Å². The molecule has 0 atom stereocenters. The van der Waals surface area contributed by atoms with Gasteiger partial charge >= 0.3 is 5.97 Å². The number of hydrogen-bond acceptors (Lipinski definition) is 3. The summed E-state index contributed by atoms with van der Waals surface area (Å²) in [5, 5.41) is 0. The van der Waals surface area contributed by atoms with Gasteiger partial charge in [-0.1, -0.05) is 32.4 Å². The predicted molar refractivity (Wildman–Crippen MR) is 72.1 cm³/mol. The smallest absolute Gasteiger partial charge is 0.331 e. The summed E-state index contributed by atoms with van der Waals surface area (Å²) >= 11 is 0. The minimum absolute atomic E-state index is 0.226. The number of unbranched alkanes of at least 4 members (excludes halogenated alkanes) is 2. The zero-order valence-electron chi connectivity index (χ0n) is 10.9. The summed E-state index contributed by atoms with van der Waals surface area (Å²) in [6.45, 7) is 5.87. The van der Waals surface area contributed by atoms with Crippen molar-refractivity contribution in [1.29, 1.82) is 0 Å². The molecule has 18 heavy (non-hydrogen) atoms. The number of carbonyl (C=O) groups excluding carboxylic acids is 1. The van der Waals surface area contributed by atoms with Gasteiger partial charge in [0, 0.05) is 12.5 Å². The van der Waals surface area contributed by atoms with Gasteiger partial charge in [0.2, 0.25) is 0 Å². The number of ether oxygens (including phenoxy) is 1. The molecule has 0 aromatic carbocycles. The summed E-state index contributed by atoms with van der Waals surface area (Å²) < 4.78 is 10.4. The molecule has 0 fully saturated rings. The monoisotopic (exact) mass is 248 g/mol. The van der Waals surface area contributed by atoms with E-state index in [4.69, 9.17) is 9.15 Å². The first kappa shape index (κ1) is 14.3. The molecule has 0 spiro atoms. The summed E-state index contributed by atoms with van der Waals surface area (Å²) in [6, 6.07) is 3.81. The third-order valence-corrected chi connectivity index (χ3v) is 2.44. The van der Waals surface area contributed by atoms with Crippen molar-refractivity contribution in [2.75, 3.05) is 6.61 Å². The lowest BCUT2D eigenvalue weighted by Gasteiger charge is -1.95. The van der Waals surface area contributed by atoms with E-state index in [-0.39, 0.29) is 12.6 Å². The molecule has 0 unspecified atom stereocenters. The van der Waals surface area contributed by atoms with Gasteiger partial charge in [0.15, 0.2) is 0 Å². The highest BCUT2D eigenvalue weighted by Gasteiger charge is 2.00. The van der Waals surface area contributed by atoms with Crippen LogP contribution in [0.15, 0.2) is 35.3 Å². The van der Waals surface area contributed by atoms with Crippen LogP contribution in [0.3, 0.4) is 0 Å². The number of hydrogen-bond donors (Lipinski definition) is 0. The maximum absolute atomic E-state index is 11.2. The van der Waals surface area contributed by atoms with E-state index in [1.807, 2.05) is 12.1 Å². The number of carbonyl (C=O) groups is 1. The van der Waals surface area contributed by atoms with Gasteiger partial charge in [0.05, 0.1) is 0 Å². The number of aryl methyl sites for hydroxylation is 1. The molecule has 1 aromatic heterocycles. The fourth-order valence-corrected chi connectivity index (χ4v) is 1.51. The third-order valence-electron chi connectivity index (χ3n) is 2.44. The molecule has 1 aromatic rings. The maximum atomic E-state index is 11.2. The van der Waals surface area contributed by atoms with E-state index in [0.29, 0.717) is 5.76 Å². The van der Waals surface area contributed by atoms with Crippen LogP contribution >= 0.6 is 0 Å². The number of esters is 1. The average Bonchev–Trinajstić information content (AvgIpc) is 2.82. The van der Waals surface area contributed by atoms with Crippen LogP contribution in [0.25, 0.3) is 6.08 Å². The number of rotatable bonds is 8. The summed E-state index contributed by atoms with van der Waals surface area (Å²) in [5.41, 5.74) is 0. The molecule has 0 bridgehead atoms. The highest BCUT2D eigenvalue weighted by molar-refractivity contribution is 5.86. The number of furan rings is 1. The quantitative estimate of drug-likeness (QED) is 0.304. The van der Waals surface area contributed by atoms with Crippen LogP contribution in [0.2, 0.25) is 0 Å². The standard InChI is InChI=1S/C15H20O3/c1-3-5-6-7-13-8-9-14(18-13)10-11-15(16)17-12-4-2/h4,8-11H,2-3,5-7,12H2,1H3. The van der Waals surface area contributed by atoms with Gasteiger partial charge in [-0.05, 0) is 24.6 Å². The van der Waals surface area contributed by atoms with E-state index in [1.54, 1.807) is 6.08 Å². The van der Waals surface area contributed by atoms with Crippen LogP contribution in [-0.4, -0.2) is 12.6 Å². The zero-order valence-corrected chi connectivity index (χ0v) is 10.9. The minimum atomic E-state index is -0.390. The lowest BCUT2D eigenvalue weighted by molar-refractivity contribution is -0.136. The van der Waals surface area contributed by atoms with Gasteiger partial charge in [-0.15, -0.1) is 0 Å². The van der Waals surface area contributed by atoms with Crippen LogP contribution < -0.4 is 0 Å². The van der Waals surface area contributed by atoms with E-state index in [9.17, 15) is 4.79 Å². The van der Waals surface area contributed by atoms with Crippen molar-refractivity contribution in [3.63, 3.8) is 0 Å². The molecule has 98 valence electrons. The second kappa shape index (κ2) is 8.34. The van der Waals surface area contributed by atoms with Gasteiger partial charge in [0.25, 0.3) is 0 Å². The normalized spacial score (nSPS) is 10.7. The Balaban J connectivity index is 2.40. The SMILES string of the molecule is C=CCOC(=O)C=Cc1ccc(CCCCC)o1. The van der Waals surface area contributed by atoms with E-state index in [1.165, 1.54) is 25.0 Å². The van der Waals surface area contributed by atoms with Gasteiger partial charge in [0.1, 0.15) is 18.1 Å². The van der Waals surface area contributed by atoms with Gasteiger partial charge in [-0.3, -0.25) is 0 Å². The Hall–Kier alpha value is -1.77. The summed E-state index contributed by atoms with van der Waals surface area (Å²) in [4.78, 5) is 11.2. The Morgan fingerprint density at radius 1 is 1.44 bits per heavy atom. The van der Waals surface area contributed by atoms with Crippen LogP contribution in [-0.2, 0) is 16.0 Å². The Morgan fingerprint density at radius 3 is 3.00 bits per heavy atom. The second-order valence-electron chi connectivity index (χ2n) is 4.01. The molecule has 1 rings (SSSR count). The highest BCUT2D eigenvalue weighted by atomic mass is 16.5. The first-order chi connectivity index (χ1) is 8.76. The Labute approximate surface area is 108 Å². The van der Waals surface area contributed by atoms with E-state index in [0.717, 1.165) is 18.6 Å². The molecular weight excluding hydrogens is 228 g/mol. The van der Waals surface area contributed by atoms with Crippen molar-refractivity contribution in [3.05, 3.63) is 42.4 Å². The first-order valence-electron chi connectivity index (χ1n) is 6.30. The molecule has 3 heteroatoms. The summed E-state index contributed by atoms with van der Waals surface area (Å²) in [7, 11) is 0. The lowest BCUT2D eigenvalue weighted by Crippen LogP contribution is -1.99. The van der Waals surface area contributed by atoms with E-state index in [2.05, 4.69) is 13.5 Å². The Bertz CT molecular complexity index is 402. The molecule has 0 saturated heterocycles. The van der Waals surface area contributed by atoms with Crippen LogP contribution in [0.1, 0.15) is 37.7 Å². The van der Waals surface area contributed by atoms with Crippen molar-refractivity contribution in [2.24, 2.45) is 0 Å². The van der Waals surface area contributed by atoms with Crippen molar-refractivity contribution in [1.82, 2.24) is 0 Å². The summed E-state index contributed by atoms with van der Waals surface area (Å²) in [6.07, 6.45) is 9.00. The molecule has 0 amide bonds. The van der Waals surface area contributed by atoms with Crippen molar-refractivity contribution in [3.8, 4) is 0 Å². The lowest BCUT2D eigenvalue weighted by atomic mass is 10.2. The molecule has 1 heterocycles. The fourth-order valence-electron chi connectivity index (χ4n) is 1.51. The molecule has 0 radical (unpaired) electrons.